The molecule has 0 spiro atoms. The summed E-state index contributed by atoms with van der Waals surface area (Å²) in [7, 11) is 2.97. The highest BCUT2D eigenvalue weighted by Gasteiger charge is 2.15. The molecule has 0 aliphatic carbocycles. The van der Waals surface area contributed by atoms with Crippen LogP contribution in [-0.2, 0) is 20.6 Å². The number of rotatable bonds is 3. The molecule has 0 bridgehead atoms. The second-order valence-electron chi connectivity index (χ2n) is 4.22. The summed E-state index contributed by atoms with van der Waals surface area (Å²) in [4.78, 5) is 27.8. The highest BCUT2D eigenvalue weighted by molar-refractivity contribution is 5.69. The summed E-state index contributed by atoms with van der Waals surface area (Å²) in [5.74, 6) is 0. The molecule has 0 aliphatic heterocycles. The van der Waals surface area contributed by atoms with E-state index < -0.39 is 17.4 Å². The van der Waals surface area contributed by atoms with Crippen LogP contribution in [0.15, 0.2) is 15.9 Å². The molecule has 2 aromatic heterocycles. The number of aryl methyl sites for hydroxylation is 1. The Kier molecular flexibility index (Phi) is 3.05. The summed E-state index contributed by atoms with van der Waals surface area (Å²) in [6, 6.07) is 0. The fourth-order valence-corrected chi connectivity index (χ4v) is 1.85. The van der Waals surface area contributed by atoms with Crippen LogP contribution in [0.5, 0.6) is 0 Å². The molecule has 2 heterocycles. The molecule has 98 valence electrons. The Labute approximate surface area is 102 Å². The van der Waals surface area contributed by atoms with Gasteiger partial charge < -0.3 is 15.4 Å². The minimum Gasteiger partial charge on any atom is -0.385 e. The van der Waals surface area contributed by atoms with Crippen LogP contribution in [0.25, 0.3) is 11.2 Å². The van der Waals surface area contributed by atoms with Gasteiger partial charge in [0.1, 0.15) is 12.6 Å². The predicted molar refractivity (Wildman–Crippen MR) is 64.0 cm³/mol. The van der Waals surface area contributed by atoms with Gasteiger partial charge in [-0.1, -0.05) is 0 Å². The summed E-state index contributed by atoms with van der Waals surface area (Å²) in [5, 5.41) is 9.58. The lowest BCUT2D eigenvalue weighted by atomic mass is 10.3. The van der Waals surface area contributed by atoms with E-state index in [1.165, 1.54) is 17.9 Å². The van der Waals surface area contributed by atoms with E-state index in [4.69, 9.17) is 0 Å². The first kappa shape index (κ1) is 12.5. The van der Waals surface area contributed by atoms with E-state index in [1.54, 1.807) is 11.6 Å². The molecule has 8 heteroatoms. The van der Waals surface area contributed by atoms with Gasteiger partial charge in [-0.05, 0) is 0 Å². The molecule has 0 fully saturated rings. The van der Waals surface area contributed by atoms with Crippen molar-refractivity contribution in [3.63, 3.8) is 0 Å². The summed E-state index contributed by atoms with van der Waals surface area (Å²) in [6.45, 7) is 0.569. The first-order valence-electron chi connectivity index (χ1n) is 5.55. The molecule has 0 radical (unpaired) electrons. The Hall–Kier alpha value is -1.93. The molecule has 2 aromatic rings. The first-order valence-corrected chi connectivity index (χ1v) is 5.55. The lowest BCUT2D eigenvalue weighted by molar-refractivity contribution is -0.384. The second-order valence-corrected chi connectivity index (χ2v) is 4.22. The maximum Gasteiger partial charge on any atom is 0.332 e. The Bertz CT molecular complexity index is 696. The topological polar surface area (TPSA) is 110 Å². The lowest BCUT2D eigenvalue weighted by Crippen LogP contribution is -2.56. The van der Waals surface area contributed by atoms with E-state index in [2.05, 4.69) is 10.7 Å². The Morgan fingerprint density at radius 3 is 2.67 bits per heavy atom. The van der Waals surface area contributed by atoms with E-state index in [0.29, 0.717) is 17.7 Å². The SMILES string of the molecule is Cn1c(=O)c2c(ncn2C[C@H](O)C[NH3+])n(C)c1=O. The van der Waals surface area contributed by atoms with Gasteiger partial charge in [0.05, 0.1) is 12.9 Å². The minimum atomic E-state index is -0.649. The molecular formula is C10H16N5O3+. The Morgan fingerprint density at radius 1 is 1.39 bits per heavy atom. The van der Waals surface area contributed by atoms with Gasteiger partial charge in [0, 0.05) is 14.1 Å². The number of aliphatic hydroxyl groups is 1. The normalized spacial score (nSPS) is 13.1. The monoisotopic (exact) mass is 254 g/mol. The van der Waals surface area contributed by atoms with Crippen molar-refractivity contribution in [1.82, 2.24) is 18.7 Å². The number of imidazole rings is 1. The minimum absolute atomic E-state index is 0.230. The molecule has 18 heavy (non-hydrogen) atoms. The molecule has 0 aromatic carbocycles. The third-order valence-corrected chi connectivity index (χ3v) is 2.96. The fourth-order valence-electron chi connectivity index (χ4n) is 1.85. The van der Waals surface area contributed by atoms with Gasteiger partial charge in [0.2, 0.25) is 0 Å². The van der Waals surface area contributed by atoms with Crippen molar-refractivity contribution >= 4 is 11.2 Å². The Morgan fingerprint density at radius 2 is 2.06 bits per heavy atom. The van der Waals surface area contributed by atoms with E-state index in [9.17, 15) is 14.7 Å². The number of fused-ring (bicyclic) bond motifs is 1. The first-order chi connectivity index (χ1) is 8.47. The lowest BCUT2D eigenvalue weighted by Gasteiger charge is -2.08. The smallest absolute Gasteiger partial charge is 0.332 e. The van der Waals surface area contributed by atoms with E-state index in [-0.39, 0.29) is 6.54 Å². The average Bonchev–Trinajstić information content (AvgIpc) is 2.77. The van der Waals surface area contributed by atoms with Gasteiger partial charge in [-0.25, -0.2) is 9.78 Å². The van der Waals surface area contributed by atoms with Crippen molar-refractivity contribution in [2.75, 3.05) is 6.54 Å². The van der Waals surface area contributed by atoms with Gasteiger partial charge in [-0.3, -0.25) is 13.9 Å². The zero-order valence-corrected chi connectivity index (χ0v) is 10.3. The van der Waals surface area contributed by atoms with Gasteiger partial charge in [0.25, 0.3) is 5.56 Å². The van der Waals surface area contributed by atoms with E-state index in [0.717, 1.165) is 4.57 Å². The number of aromatic nitrogens is 4. The summed E-state index contributed by atoms with van der Waals surface area (Å²) in [6.07, 6.45) is 0.800. The van der Waals surface area contributed by atoms with Gasteiger partial charge in [0.15, 0.2) is 11.2 Å². The average molecular weight is 254 g/mol. The van der Waals surface area contributed by atoms with Crippen LogP contribution in [0.2, 0.25) is 0 Å². The predicted octanol–water partition coefficient (Wildman–Crippen LogP) is -2.96. The molecule has 0 saturated heterocycles. The second kappa shape index (κ2) is 4.39. The maximum absolute atomic E-state index is 12.0. The van der Waals surface area contributed by atoms with Crippen molar-refractivity contribution in [3.8, 4) is 0 Å². The quantitative estimate of drug-likeness (QED) is 0.609. The number of quaternary nitrogens is 1. The highest BCUT2D eigenvalue weighted by atomic mass is 16.3. The standard InChI is InChI=1S/C10H15N5O3/c1-13-8-7(9(17)14(2)10(13)18)15(5-12-8)4-6(16)3-11/h5-6,16H,3-4,11H2,1-2H3/p+1/t6-/m1/s1. The van der Waals surface area contributed by atoms with Crippen LogP contribution in [0.3, 0.4) is 0 Å². The zero-order chi connectivity index (χ0) is 13.4. The third-order valence-electron chi connectivity index (χ3n) is 2.96. The van der Waals surface area contributed by atoms with Crippen molar-refractivity contribution in [1.29, 1.82) is 0 Å². The summed E-state index contributed by atoms with van der Waals surface area (Å²) in [5.41, 5.74) is 3.39. The number of hydrogen-bond acceptors (Lipinski definition) is 4. The molecule has 0 amide bonds. The van der Waals surface area contributed by atoms with E-state index in [1.807, 2.05) is 0 Å². The van der Waals surface area contributed by atoms with Crippen LogP contribution < -0.4 is 17.0 Å². The van der Waals surface area contributed by atoms with Crippen molar-refractivity contribution in [2.45, 2.75) is 12.6 Å². The number of hydrogen-bond donors (Lipinski definition) is 2. The van der Waals surface area contributed by atoms with Crippen LogP contribution in [0.1, 0.15) is 0 Å². The molecule has 0 saturated carbocycles. The van der Waals surface area contributed by atoms with Crippen LogP contribution >= 0.6 is 0 Å². The number of nitrogens with zero attached hydrogens (tertiary/aromatic N) is 4. The molecule has 2 rings (SSSR count). The highest BCUT2D eigenvalue weighted by Crippen LogP contribution is 2.05. The van der Waals surface area contributed by atoms with Crippen LogP contribution in [0.4, 0.5) is 0 Å². The fraction of sp³-hybridized carbons (Fsp3) is 0.500. The van der Waals surface area contributed by atoms with Crippen LogP contribution in [0, 0.1) is 0 Å². The van der Waals surface area contributed by atoms with Crippen molar-refractivity contribution in [3.05, 3.63) is 27.2 Å². The maximum atomic E-state index is 12.0. The summed E-state index contributed by atoms with van der Waals surface area (Å²) < 4.78 is 3.88. The molecule has 1 atom stereocenters. The van der Waals surface area contributed by atoms with E-state index >= 15 is 0 Å². The molecule has 8 nitrogen and oxygen atoms in total. The zero-order valence-electron chi connectivity index (χ0n) is 10.3. The van der Waals surface area contributed by atoms with Gasteiger partial charge in [-0.2, -0.15) is 0 Å². The largest absolute Gasteiger partial charge is 0.385 e. The van der Waals surface area contributed by atoms with Gasteiger partial charge >= 0.3 is 5.69 Å². The molecular weight excluding hydrogens is 238 g/mol. The molecule has 4 N–H and O–H groups in total. The number of aliphatic hydroxyl groups excluding tert-OH is 1. The Balaban J connectivity index is 2.74. The van der Waals surface area contributed by atoms with Gasteiger partial charge in [-0.15, -0.1) is 0 Å². The molecule has 0 aliphatic rings. The summed E-state index contributed by atoms with van der Waals surface area (Å²) >= 11 is 0. The van der Waals surface area contributed by atoms with Crippen LogP contribution in [-0.4, -0.2) is 36.4 Å². The molecule has 0 unspecified atom stereocenters. The van der Waals surface area contributed by atoms with Crippen molar-refractivity contribution in [2.24, 2.45) is 14.1 Å². The third kappa shape index (κ3) is 1.75. The van der Waals surface area contributed by atoms with Crippen molar-refractivity contribution < 1.29 is 10.8 Å².